The quantitative estimate of drug-likeness (QED) is 0.402. The minimum Gasteiger partial charge on any atom is -0.496 e. The molecule has 1 atom stereocenters. The van der Waals surface area contributed by atoms with E-state index in [0.717, 1.165) is 27.4 Å². The van der Waals surface area contributed by atoms with Gasteiger partial charge in [0.1, 0.15) is 11.4 Å². The number of para-hydroxylation sites is 2. The van der Waals surface area contributed by atoms with Gasteiger partial charge in [-0.1, -0.05) is 36.4 Å². The van der Waals surface area contributed by atoms with Crippen LogP contribution in [0.4, 0.5) is 0 Å². The Morgan fingerprint density at radius 1 is 1.03 bits per heavy atom. The summed E-state index contributed by atoms with van der Waals surface area (Å²) in [6, 6.07) is 20.7. The summed E-state index contributed by atoms with van der Waals surface area (Å²) in [5.41, 5.74) is 3.90. The van der Waals surface area contributed by atoms with Crippen LogP contribution in [0.5, 0.6) is 5.75 Å². The fraction of sp³-hybridized carbons (Fsp3) is 0.167. The second-order valence-electron chi connectivity index (χ2n) is 7.69. The van der Waals surface area contributed by atoms with Crippen LogP contribution in [0.25, 0.3) is 16.3 Å². The zero-order valence-electron chi connectivity index (χ0n) is 18.1. The van der Waals surface area contributed by atoms with Gasteiger partial charge in [-0.3, -0.25) is 0 Å². The Balaban J connectivity index is 1.64. The number of hydrogen-bond donors (Lipinski definition) is 0. The summed E-state index contributed by atoms with van der Waals surface area (Å²) in [5, 5.41) is 11.4. The average molecular weight is 479 g/mol. The van der Waals surface area contributed by atoms with Gasteiger partial charge in [0.2, 0.25) is 10.0 Å². The molecule has 7 nitrogen and oxygen atoms in total. The van der Waals surface area contributed by atoms with E-state index >= 15 is 0 Å². The van der Waals surface area contributed by atoms with E-state index in [1.165, 1.54) is 10.7 Å². The van der Waals surface area contributed by atoms with Crippen molar-refractivity contribution >= 4 is 27.1 Å². The van der Waals surface area contributed by atoms with Gasteiger partial charge in [-0.15, -0.1) is 11.3 Å². The minimum absolute atomic E-state index is 0.409. The first-order chi connectivity index (χ1) is 16.0. The summed E-state index contributed by atoms with van der Waals surface area (Å²) >= 11 is 1.57. The molecule has 0 N–H and O–H groups in total. The highest BCUT2D eigenvalue weighted by Crippen LogP contribution is 2.41. The largest absolute Gasteiger partial charge is 0.496 e. The van der Waals surface area contributed by atoms with Crippen molar-refractivity contribution in [2.24, 2.45) is 5.10 Å². The number of hydrazone groups is 1. The molecule has 2 aromatic heterocycles. The molecule has 0 unspecified atom stereocenters. The predicted molar refractivity (Wildman–Crippen MR) is 130 cm³/mol. The zero-order valence-corrected chi connectivity index (χ0v) is 19.8. The number of ether oxygens (including phenoxy) is 1. The lowest BCUT2D eigenvalue weighted by atomic mass is 9.98. The maximum Gasteiger partial charge on any atom is 0.247 e. The molecule has 1 aliphatic rings. The van der Waals surface area contributed by atoms with Crippen LogP contribution in [0, 0.1) is 0 Å². The lowest BCUT2D eigenvalue weighted by molar-refractivity contribution is 0.375. The average Bonchev–Trinajstić information content (AvgIpc) is 3.58. The predicted octanol–water partition coefficient (Wildman–Crippen LogP) is 4.72. The van der Waals surface area contributed by atoms with Crippen molar-refractivity contribution in [2.75, 3.05) is 13.4 Å². The van der Waals surface area contributed by atoms with Gasteiger partial charge in [0.05, 0.1) is 35.7 Å². The lowest BCUT2D eigenvalue weighted by Gasteiger charge is -2.20. The number of methoxy groups -OCH3 is 1. The topological polar surface area (TPSA) is 76.8 Å². The summed E-state index contributed by atoms with van der Waals surface area (Å²) in [7, 11) is -2.03. The van der Waals surface area contributed by atoms with Crippen LogP contribution in [0.15, 0.2) is 83.4 Å². The van der Waals surface area contributed by atoms with Gasteiger partial charge < -0.3 is 4.74 Å². The Hall–Kier alpha value is -3.43. The summed E-state index contributed by atoms with van der Waals surface area (Å²) in [5.74, 6) is 0.656. The molecule has 0 saturated heterocycles. The number of aromatic nitrogens is 2. The van der Waals surface area contributed by atoms with Crippen molar-refractivity contribution < 1.29 is 13.2 Å². The Labute approximate surface area is 196 Å². The highest BCUT2D eigenvalue weighted by Gasteiger charge is 2.38. The second kappa shape index (κ2) is 8.49. The third kappa shape index (κ3) is 4.05. The Bertz CT molecular complexity index is 1410. The highest BCUT2D eigenvalue weighted by molar-refractivity contribution is 7.88. The number of thiophene rings is 1. The van der Waals surface area contributed by atoms with Gasteiger partial charge in [0, 0.05) is 23.7 Å². The monoisotopic (exact) mass is 478 g/mol. The zero-order chi connectivity index (χ0) is 23.0. The molecule has 0 spiro atoms. The van der Waals surface area contributed by atoms with Gasteiger partial charge in [-0.25, -0.2) is 13.1 Å². The Kier molecular flexibility index (Phi) is 5.51. The Morgan fingerprint density at radius 2 is 1.79 bits per heavy atom. The molecule has 1 aliphatic heterocycles. The molecule has 0 radical (unpaired) electrons. The smallest absolute Gasteiger partial charge is 0.247 e. The molecule has 0 aliphatic carbocycles. The fourth-order valence-corrected chi connectivity index (χ4v) is 5.65. The molecule has 4 aromatic rings. The van der Waals surface area contributed by atoms with E-state index in [1.807, 2.05) is 78.3 Å². The van der Waals surface area contributed by atoms with E-state index in [1.54, 1.807) is 23.1 Å². The van der Waals surface area contributed by atoms with Crippen LogP contribution in [-0.2, 0) is 10.0 Å². The van der Waals surface area contributed by atoms with E-state index in [-0.39, 0.29) is 0 Å². The van der Waals surface area contributed by atoms with Gasteiger partial charge in [-0.2, -0.15) is 14.6 Å². The molecule has 33 heavy (non-hydrogen) atoms. The fourth-order valence-electron chi connectivity index (χ4n) is 4.02. The number of nitrogens with zero attached hydrogens (tertiary/aromatic N) is 4. The van der Waals surface area contributed by atoms with E-state index in [0.29, 0.717) is 17.9 Å². The molecule has 5 rings (SSSR count). The molecule has 0 amide bonds. The van der Waals surface area contributed by atoms with Crippen LogP contribution in [0.2, 0.25) is 0 Å². The number of hydrogen-bond acceptors (Lipinski definition) is 6. The SMILES string of the molecule is COc1ccccc1C1=NN(S(C)(=O)=O)[C@@H](c2cn(-c3ccccc3)nc2-c2cccs2)C1. The number of sulfonamides is 1. The van der Waals surface area contributed by atoms with E-state index in [4.69, 9.17) is 9.84 Å². The molecule has 2 aromatic carbocycles. The Morgan fingerprint density at radius 3 is 2.48 bits per heavy atom. The second-order valence-corrected chi connectivity index (χ2v) is 10.5. The number of rotatable bonds is 6. The lowest BCUT2D eigenvalue weighted by Crippen LogP contribution is -2.26. The first-order valence-corrected chi connectivity index (χ1v) is 13.1. The standard InChI is InChI=1S/C24H22N4O3S2/c1-31-22-12-7-6-11-18(22)20-15-21(28(25-20)33(2,29)30)19-16-27(17-9-4-3-5-10-17)26-24(19)23-13-8-14-32-23/h3-14,16,21H,15H2,1-2H3/t21-/m1/s1. The number of benzene rings is 2. The summed E-state index contributed by atoms with van der Waals surface area (Å²) < 4.78 is 34.1. The molecule has 3 heterocycles. The summed E-state index contributed by atoms with van der Waals surface area (Å²) in [4.78, 5) is 0.971. The third-order valence-corrected chi connectivity index (χ3v) is 7.40. The van der Waals surface area contributed by atoms with E-state index < -0.39 is 16.1 Å². The molecule has 168 valence electrons. The first kappa shape index (κ1) is 21.4. The van der Waals surface area contributed by atoms with Gasteiger partial charge in [0.15, 0.2) is 0 Å². The molecular weight excluding hydrogens is 456 g/mol. The van der Waals surface area contributed by atoms with Crippen LogP contribution >= 0.6 is 11.3 Å². The highest BCUT2D eigenvalue weighted by atomic mass is 32.2. The van der Waals surface area contributed by atoms with Crippen molar-refractivity contribution in [3.63, 3.8) is 0 Å². The molecular formula is C24H22N4O3S2. The van der Waals surface area contributed by atoms with Crippen molar-refractivity contribution in [2.45, 2.75) is 12.5 Å². The molecule has 0 bridgehead atoms. The van der Waals surface area contributed by atoms with Crippen LogP contribution in [-0.4, -0.2) is 41.7 Å². The molecule has 0 saturated carbocycles. The van der Waals surface area contributed by atoms with Crippen LogP contribution in [0.3, 0.4) is 0 Å². The van der Waals surface area contributed by atoms with Gasteiger partial charge >= 0.3 is 0 Å². The van der Waals surface area contributed by atoms with Gasteiger partial charge in [-0.05, 0) is 35.7 Å². The van der Waals surface area contributed by atoms with Crippen molar-refractivity contribution in [3.8, 4) is 22.0 Å². The summed E-state index contributed by atoms with van der Waals surface area (Å²) in [6.07, 6.45) is 3.50. The summed E-state index contributed by atoms with van der Waals surface area (Å²) in [6.45, 7) is 0. The third-order valence-electron chi connectivity index (χ3n) is 5.51. The van der Waals surface area contributed by atoms with Crippen molar-refractivity contribution in [1.29, 1.82) is 0 Å². The molecule has 0 fully saturated rings. The van der Waals surface area contributed by atoms with Crippen LogP contribution < -0.4 is 4.74 Å². The maximum atomic E-state index is 12.8. The van der Waals surface area contributed by atoms with Crippen LogP contribution in [0.1, 0.15) is 23.6 Å². The van der Waals surface area contributed by atoms with E-state index in [2.05, 4.69) is 5.10 Å². The normalized spacial score (nSPS) is 16.1. The van der Waals surface area contributed by atoms with Crippen molar-refractivity contribution in [1.82, 2.24) is 14.2 Å². The van der Waals surface area contributed by atoms with E-state index in [9.17, 15) is 8.42 Å². The van der Waals surface area contributed by atoms with Gasteiger partial charge in [0.25, 0.3) is 0 Å². The minimum atomic E-state index is -3.63. The molecule has 9 heteroatoms. The van der Waals surface area contributed by atoms with Crippen molar-refractivity contribution in [3.05, 3.63) is 89.4 Å². The first-order valence-electron chi connectivity index (χ1n) is 10.3. The maximum absolute atomic E-state index is 12.8.